The number of fused-ring (bicyclic) bond motifs is 1. The van der Waals surface area contributed by atoms with E-state index in [0.29, 0.717) is 6.54 Å². The van der Waals surface area contributed by atoms with Crippen molar-refractivity contribution in [2.24, 2.45) is 5.73 Å². The molecule has 0 amide bonds. The van der Waals surface area contributed by atoms with Crippen LogP contribution in [0.5, 0.6) is 0 Å². The maximum Gasteiger partial charge on any atom is 0.0734 e. The summed E-state index contributed by atoms with van der Waals surface area (Å²) in [5.74, 6) is 0. The third-order valence-electron chi connectivity index (χ3n) is 2.76. The first kappa shape index (κ1) is 10.1. The van der Waals surface area contributed by atoms with Crippen LogP contribution in [0.4, 0.5) is 0 Å². The van der Waals surface area contributed by atoms with Gasteiger partial charge in [-0.15, -0.1) is 0 Å². The molecule has 0 bridgehead atoms. The highest BCUT2D eigenvalue weighted by Crippen LogP contribution is 2.19. The molecule has 15 heavy (non-hydrogen) atoms. The molecule has 2 N–H and O–H groups in total. The molecule has 0 radical (unpaired) electrons. The minimum absolute atomic E-state index is 0.680. The first-order valence-electron chi connectivity index (χ1n) is 5.28. The Labute approximate surface area is 90.1 Å². The Morgan fingerprint density at radius 2 is 2.07 bits per heavy atom. The van der Waals surface area contributed by atoms with Crippen molar-refractivity contribution in [1.82, 2.24) is 4.98 Å². The third-order valence-corrected chi connectivity index (χ3v) is 2.76. The number of hydrogen-bond donors (Lipinski definition) is 1. The first-order valence-corrected chi connectivity index (χ1v) is 5.28. The molecular formula is C13H16N2. The van der Waals surface area contributed by atoms with E-state index in [1.54, 1.807) is 0 Å². The minimum Gasteiger partial charge on any atom is -0.330 e. The summed E-state index contributed by atoms with van der Waals surface area (Å²) in [7, 11) is 0. The van der Waals surface area contributed by atoms with E-state index < -0.39 is 0 Å². The van der Waals surface area contributed by atoms with E-state index in [9.17, 15) is 0 Å². The average molecular weight is 200 g/mol. The van der Waals surface area contributed by atoms with Crippen molar-refractivity contribution in [2.45, 2.75) is 20.3 Å². The minimum atomic E-state index is 0.680. The highest BCUT2D eigenvalue weighted by molar-refractivity contribution is 5.82. The molecule has 1 aromatic carbocycles. The number of pyridine rings is 1. The molecule has 0 saturated carbocycles. The summed E-state index contributed by atoms with van der Waals surface area (Å²) < 4.78 is 0. The molecule has 78 valence electrons. The molecule has 1 heterocycles. The van der Waals surface area contributed by atoms with Crippen molar-refractivity contribution < 1.29 is 0 Å². The number of rotatable bonds is 2. The smallest absolute Gasteiger partial charge is 0.0734 e. The number of hydrogen-bond acceptors (Lipinski definition) is 2. The van der Waals surface area contributed by atoms with Crippen molar-refractivity contribution in [3.63, 3.8) is 0 Å². The first-order chi connectivity index (χ1) is 7.22. The lowest BCUT2D eigenvalue weighted by atomic mass is 10.0. The van der Waals surface area contributed by atoms with Gasteiger partial charge >= 0.3 is 0 Å². The molecule has 2 nitrogen and oxygen atoms in total. The topological polar surface area (TPSA) is 38.9 Å². The fourth-order valence-corrected chi connectivity index (χ4v) is 1.89. The molecule has 0 aliphatic carbocycles. The molecule has 0 aliphatic heterocycles. The zero-order chi connectivity index (χ0) is 10.8. The predicted molar refractivity (Wildman–Crippen MR) is 64.0 cm³/mol. The van der Waals surface area contributed by atoms with Crippen LogP contribution in [-0.4, -0.2) is 11.5 Å². The van der Waals surface area contributed by atoms with Crippen LogP contribution in [0.3, 0.4) is 0 Å². The van der Waals surface area contributed by atoms with E-state index in [0.717, 1.165) is 17.6 Å². The van der Waals surface area contributed by atoms with Gasteiger partial charge in [0, 0.05) is 11.1 Å². The standard InChI is InChI=1S/C13H16N2/c1-9-4-3-5-12-8-11(6-7-14)10(2)15-13(9)12/h3-5,8H,6-7,14H2,1-2H3. The van der Waals surface area contributed by atoms with Crippen molar-refractivity contribution in [3.05, 3.63) is 41.1 Å². The van der Waals surface area contributed by atoms with Crippen LogP contribution in [0.1, 0.15) is 16.8 Å². The van der Waals surface area contributed by atoms with Crippen molar-refractivity contribution in [3.8, 4) is 0 Å². The van der Waals surface area contributed by atoms with E-state index in [-0.39, 0.29) is 0 Å². The zero-order valence-electron chi connectivity index (χ0n) is 9.25. The highest BCUT2D eigenvalue weighted by atomic mass is 14.7. The molecule has 0 fully saturated rings. The molecule has 0 saturated heterocycles. The molecule has 1 aromatic heterocycles. The van der Waals surface area contributed by atoms with Crippen LogP contribution >= 0.6 is 0 Å². The summed E-state index contributed by atoms with van der Waals surface area (Å²) in [5.41, 5.74) is 10.3. The van der Waals surface area contributed by atoms with Gasteiger partial charge in [-0.2, -0.15) is 0 Å². The third kappa shape index (κ3) is 1.85. The number of para-hydroxylation sites is 1. The van der Waals surface area contributed by atoms with Crippen LogP contribution in [0.15, 0.2) is 24.3 Å². The van der Waals surface area contributed by atoms with Crippen molar-refractivity contribution >= 4 is 10.9 Å². The molecule has 0 atom stereocenters. The fraction of sp³-hybridized carbons (Fsp3) is 0.308. The molecule has 2 heteroatoms. The van der Waals surface area contributed by atoms with Gasteiger partial charge in [0.2, 0.25) is 0 Å². The second-order valence-electron chi connectivity index (χ2n) is 3.92. The summed E-state index contributed by atoms with van der Waals surface area (Å²) >= 11 is 0. The van der Waals surface area contributed by atoms with Gasteiger partial charge in [-0.05, 0) is 44.0 Å². The Hall–Kier alpha value is -1.41. The van der Waals surface area contributed by atoms with E-state index >= 15 is 0 Å². The van der Waals surface area contributed by atoms with Crippen LogP contribution < -0.4 is 5.73 Å². The fourth-order valence-electron chi connectivity index (χ4n) is 1.89. The van der Waals surface area contributed by atoms with Crippen LogP contribution in [0.2, 0.25) is 0 Å². The van der Waals surface area contributed by atoms with Gasteiger partial charge in [0.05, 0.1) is 5.52 Å². The van der Waals surface area contributed by atoms with E-state index in [1.807, 2.05) is 0 Å². The summed E-state index contributed by atoms with van der Waals surface area (Å²) in [4.78, 5) is 4.64. The Morgan fingerprint density at radius 1 is 1.27 bits per heavy atom. The maximum absolute atomic E-state index is 5.58. The van der Waals surface area contributed by atoms with E-state index in [4.69, 9.17) is 5.73 Å². The molecular weight excluding hydrogens is 184 g/mol. The van der Waals surface area contributed by atoms with E-state index in [1.165, 1.54) is 16.5 Å². The number of benzene rings is 1. The van der Waals surface area contributed by atoms with Gasteiger partial charge in [-0.25, -0.2) is 0 Å². The van der Waals surface area contributed by atoms with Gasteiger partial charge < -0.3 is 5.73 Å². The summed E-state index contributed by atoms with van der Waals surface area (Å²) in [5, 5.41) is 1.21. The summed E-state index contributed by atoms with van der Waals surface area (Å²) in [6, 6.07) is 8.48. The Kier molecular flexibility index (Phi) is 2.69. The Bertz CT molecular complexity index is 489. The van der Waals surface area contributed by atoms with Gasteiger partial charge in [0.15, 0.2) is 0 Å². The molecule has 0 aliphatic rings. The van der Waals surface area contributed by atoms with Gasteiger partial charge in [0.1, 0.15) is 0 Å². The van der Waals surface area contributed by atoms with Crippen molar-refractivity contribution in [2.75, 3.05) is 6.54 Å². The SMILES string of the molecule is Cc1nc2c(C)cccc2cc1CCN. The van der Waals surface area contributed by atoms with Gasteiger partial charge in [0.25, 0.3) is 0 Å². The number of aromatic nitrogens is 1. The second kappa shape index (κ2) is 3.99. The van der Waals surface area contributed by atoms with Crippen LogP contribution in [0.25, 0.3) is 10.9 Å². The van der Waals surface area contributed by atoms with Crippen LogP contribution in [0, 0.1) is 13.8 Å². The molecule has 0 spiro atoms. The number of nitrogens with zero attached hydrogens (tertiary/aromatic N) is 1. The van der Waals surface area contributed by atoms with Crippen molar-refractivity contribution in [1.29, 1.82) is 0 Å². The summed E-state index contributed by atoms with van der Waals surface area (Å²) in [6.07, 6.45) is 0.905. The lowest BCUT2D eigenvalue weighted by Crippen LogP contribution is -2.05. The normalized spacial score (nSPS) is 10.9. The summed E-state index contributed by atoms with van der Waals surface area (Å²) in [6.45, 7) is 4.83. The highest BCUT2D eigenvalue weighted by Gasteiger charge is 2.03. The largest absolute Gasteiger partial charge is 0.330 e. The Morgan fingerprint density at radius 3 is 2.80 bits per heavy atom. The zero-order valence-corrected chi connectivity index (χ0v) is 9.25. The predicted octanol–water partition coefficient (Wildman–Crippen LogP) is 2.35. The van der Waals surface area contributed by atoms with E-state index in [2.05, 4.69) is 43.1 Å². The average Bonchev–Trinajstić information content (AvgIpc) is 2.21. The van der Waals surface area contributed by atoms with Gasteiger partial charge in [-0.3, -0.25) is 4.98 Å². The lowest BCUT2D eigenvalue weighted by Gasteiger charge is -2.07. The molecule has 2 rings (SSSR count). The number of nitrogens with two attached hydrogens (primary N) is 1. The second-order valence-corrected chi connectivity index (χ2v) is 3.92. The van der Waals surface area contributed by atoms with Crippen LogP contribution in [-0.2, 0) is 6.42 Å². The molecule has 0 unspecified atom stereocenters. The van der Waals surface area contributed by atoms with Gasteiger partial charge in [-0.1, -0.05) is 18.2 Å². The quantitative estimate of drug-likeness (QED) is 0.808. The monoisotopic (exact) mass is 200 g/mol. The Balaban J connectivity index is 2.65. The number of aryl methyl sites for hydroxylation is 2. The lowest BCUT2D eigenvalue weighted by molar-refractivity contribution is 0.946. The maximum atomic E-state index is 5.58. The molecule has 2 aromatic rings.